The second-order valence-corrected chi connectivity index (χ2v) is 7.29. The molecule has 2 aromatic carbocycles. The van der Waals surface area contributed by atoms with Crippen LogP contribution in [0.15, 0.2) is 73.1 Å². The third-order valence-electron chi connectivity index (χ3n) is 4.47. The van der Waals surface area contributed by atoms with Gasteiger partial charge in [0.15, 0.2) is 0 Å². The van der Waals surface area contributed by atoms with E-state index in [1.165, 1.54) is 20.2 Å². The summed E-state index contributed by atoms with van der Waals surface area (Å²) >= 11 is 1.82. The van der Waals surface area contributed by atoms with Crippen LogP contribution < -0.4 is 0 Å². The van der Waals surface area contributed by atoms with Gasteiger partial charge < -0.3 is 0 Å². The molecule has 0 radical (unpaired) electrons. The summed E-state index contributed by atoms with van der Waals surface area (Å²) in [5.74, 6) is 0.762. The maximum absolute atomic E-state index is 4.74. The van der Waals surface area contributed by atoms with E-state index < -0.39 is 0 Å². The van der Waals surface area contributed by atoms with Crippen molar-refractivity contribution in [1.82, 2.24) is 15.0 Å². The predicted molar refractivity (Wildman–Crippen MR) is 108 cm³/mol. The Kier molecular flexibility index (Phi) is 3.50. The maximum atomic E-state index is 4.74. The molecule has 0 saturated heterocycles. The number of thiophene rings is 1. The van der Waals surface area contributed by atoms with Gasteiger partial charge in [0.25, 0.3) is 0 Å². The lowest BCUT2D eigenvalue weighted by Crippen LogP contribution is -1.95. The van der Waals surface area contributed by atoms with E-state index in [2.05, 4.69) is 58.5 Å². The summed E-state index contributed by atoms with van der Waals surface area (Å²) in [6.07, 6.45) is 3.61. The Morgan fingerprint density at radius 3 is 2.54 bits per heavy atom. The van der Waals surface area contributed by atoms with E-state index in [-0.39, 0.29) is 0 Å². The standard InChI is InChI=1S/C22H15N3S/c1-14-24-18(15-6-5-11-23-13-15)12-19(25-14)16-8-4-10-21-22(16)17-7-2-3-9-20(17)26-21/h2-13H,1H3. The van der Waals surface area contributed by atoms with Crippen molar-refractivity contribution < 1.29 is 0 Å². The van der Waals surface area contributed by atoms with Crippen LogP contribution in [0.5, 0.6) is 0 Å². The van der Waals surface area contributed by atoms with Crippen LogP contribution in [-0.2, 0) is 0 Å². The van der Waals surface area contributed by atoms with Gasteiger partial charge in [-0.2, -0.15) is 0 Å². The first-order valence-electron chi connectivity index (χ1n) is 8.46. The molecule has 0 fully saturated rings. The number of nitrogens with zero attached hydrogens (tertiary/aromatic N) is 3. The molecule has 4 heteroatoms. The Bertz CT molecular complexity index is 1240. The number of benzene rings is 2. The zero-order valence-electron chi connectivity index (χ0n) is 14.2. The first-order valence-corrected chi connectivity index (χ1v) is 9.28. The fourth-order valence-corrected chi connectivity index (χ4v) is 4.49. The lowest BCUT2D eigenvalue weighted by molar-refractivity contribution is 1.06. The topological polar surface area (TPSA) is 38.7 Å². The molecule has 0 saturated carbocycles. The minimum Gasteiger partial charge on any atom is -0.264 e. The molecular weight excluding hydrogens is 338 g/mol. The molecule has 0 spiro atoms. The van der Waals surface area contributed by atoms with Gasteiger partial charge >= 0.3 is 0 Å². The minimum absolute atomic E-state index is 0.762. The zero-order valence-corrected chi connectivity index (χ0v) is 15.0. The van der Waals surface area contributed by atoms with Gasteiger partial charge in [-0.3, -0.25) is 4.98 Å². The summed E-state index contributed by atoms with van der Waals surface area (Å²) in [4.78, 5) is 13.6. The molecule has 3 heterocycles. The Morgan fingerprint density at radius 1 is 0.808 bits per heavy atom. The fourth-order valence-electron chi connectivity index (χ4n) is 3.36. The van der Waals surface area contributed by atoms with Gasteiger partial charge in [-0.1, -0.05) is 30.3 Å². The summed E-state index contributed by atoms with van der Waals surface area (Å²) in [6.45, 7) is 1.94. The molecule has 0 bridgehead atoms. The zero-order chi connectivity index (χ0) is 17.5. The summed E-state index contributed by atoms with van der Waals surface area (Å²) in [6, 6.07) is 21.0. The molecule has 0 atom stereocenters. The van der Waals surface area contributed by atoms with Crippen LogP contribution in [0.25, 0.3) is 42.7 Å². The molecule has 0 unspecified atom stereocenters. The van der Waals surface area contributed by atoms with Gasteiger partial charge in [0.1, 0.15) is 5.82 Å². The number of pyridine rings is 1. The Labute approximate surface area is 155 Å². The molecule has 3 nitrogen and oxygen atoms in total. The molecule has 124 valence electrons. The highest BCUT2D eigenvalue weighted by Gasteiger charge is 2.13. The van der Waals surface area contributed by atoms with Gasteiger partial charge in [0.2, 0.25) is 0 Å². The van der Waals surface area contributed by atoms with E-state index in [0.717, 1.165) is 28.3 Å². The highest BCUT2D eigenvalue weighted by atomic mass is 32.1. The second kappa shape index (κ2) is 6.00. The van der Waals surface area contributed by atoms with Crippen molar-refractivity contribution in [2.24, 2.45) is 0 Å². The monoisotopic (exact) mass is 353 g/mol. The molecule has 0 aliphatic rings. The third-order valence-corrected chi connectivity index (χ3v) is 5.61. The number of fused-ring (bicyclic) bond motifs is 3. The van der Waals surface area contributed by atoms with E-state index >= 15 is 0 Å². The van der Waals surface area contributed by atoms with Crippen LogP contribution in [0.1, 0.15) is 5.82 Å². The smallest absolute Gasteiger partial charge is 0.126 e. The van der Waals surface area contributed by atoms with Gasteiger partial charge in [0, 0.05) is 43.7 Å². The van der Waals surface area contributed by atoms with Crippen molar-refractivity contribution >= 4 is 31.5 Å². The molecular formula is C22H15N3S. The summed E-state index contributed by atoms with van der Waals surface area (Å²) in [7, 11) is 0. The van der Waals surface area contributed by atoms with Gasteiger partial charge in [-0.15, -0.1) is 11.3 Å². The largest absolute Gasteiger partial charge is 0.264 e. The van der Waals surface area contributed by atoms with Crippen LogP contribution in [0.4, 0.5) is 0 Å². The van der Waals surface area contributed by atoms with Crippen LogP contribution in [0, 0.1) is 6.92 Å². The molecule has 0 N–H and O–H groups in total. The second-order valence-electron chi connectivity index (χ2n) is 6.20. The summed E-state index contributed by atoms with van der Waals surface area (Å²) < 4.78 is 2.58. The van der Waals surface area contributed by atoms with Crippen molar-refractivity contribution in [2.75, 3.05) is 0 Å². The van der Waals surface area contributed by atoms with Gasteiger partial charge in [-0.25, -0.2) is 9.97 Å². The number of rotatable bonds is 2. The van der Waals surface area contributed by atoms with Gasteiger partial charge in [-0.05, 0) is 37.3 Å². The molecule has 0 amide bonds. The normalized spacial score (nSPS) is 11.3. The van der Waals surface area contributed by atoms with Crippen LogP contribution in [-0.4, -0.2) is 15.0 Å². The highest BCUT2D eigenvalue weighted by Crippen LogP contribution is 2.39. The maximum Gasteiger partial charge on any atom is 0.126 e. The fraction of sp³-hybridized carbons (Fsp3) is 0.0455. The van der Waals surface area contributed by atoms with Crippen molar-refractivity contribution in [3.63, 3.8) is 0 Å². The van der Waals surface area contributed by atoms with Crippen molar-refractivity contribution in [3.8, 4) is 22.5 Å². The quantitative estimate of drug-likeness (QED) is 0.398. The number of aromatic nitrogens is 3. The van der Waals surface area contributed by atoms with E-state index in [1.54, 1.807) is 6.20 Å². The minimum atomic E-state index is 0.762. The van der Waals surface area contributed by atoms with E-state index in [4.69, 9.17) is 4.98 Å². The number of hydrogen-bond donors (Lipinski definition) is 0. The Balaban J connectivity index is 1.80. The molecule has 0 aliphatic heterocycles. The van der Waals surface area contributed by atoms with Gasteiger partial charge in [0.05, 0.1) is 11.4 Å². The molecule has 5 rings (SSSR count). The predicted octanol–water partition coefficient (Wildman–Crippen LogP) is 5.88. The Morgan fingerprint density at radius 2 is 1.65 bits per heavy atom. The average molecular weight is 353 g/mol. The highest BCUT2D eigenvalue weighted by molar-refractivity contribution is 7.25. The van der Waals surface area contributed by atoms with E-state index in [1.807, 2.05) is 36.6 Å². The van der Waals surface area contributed by atoms with Crippen LogP contribution in [0.3, 0.4) is 0 Å². The lowest BCUT2D eigenvalue weighted by atomic mass is 10.0. The molecule has 26 heavy (non-hydrogen) atoms. The van der Waals surface area contributed by atoms with Crippen molar-refractivity contribution in [1.29, 1.82) is 0 Å². The average Bonchev–Trinajstić information content (AvgIpc) is 3.07. The third kappa shape index (κ3) is 2.47. The lowest BCUT2D eigenvalue weighted by Gasteiger charge is -2.08. The van der Waals surface area contributed by atoms with E-state index in [0.29, 0.717) is 0 Å². The molecule has 0 aliphatic carbocycles. The Hall–Kier alpha value is -3.11. The summed E-state index contributed by atoms with van der Waals surface area (Å²) in [5, 5.41) is 2.55. The van der Waals surface area contributed by atoms with Crippen molar-refractivity contribution in [3.05, 3.63) is 78.9 Å². The first-order chi connectivity index (χ1) is 12.8. The van der Waals surface area contributed by atoms with Crippen LogP contribution in [0.2, 0.25) is 0 Å². The molecule has 3 aromatic heterocycles. The van der Waals surface area contributed by atoms with Crippen LogP contribution >= 0.6 is 11.3 Å². The summed E-state index contributed by atoms with van der Waals surface area (Å²) in [5.41, 5.74) is 4.00. The SMILES string of the molecule is Cc1nc(-c2cccnc2)cc(-c2cccc3sc4ccccc4c23)n1. The number of hydrogen-bond acceptors (Lipinski definition) is 4. The first kappa shape index (κ1) is 15.2. The van der Waals surface area contributed by atoms with E-state index in [9.17, 15) is 0 Å². The number of aryl methyl sites for hydroxylation is 1. The van der Waals surface area contributed by atoms with Crippen molar-refractivity contribution in [2.45, 2.75) is 6.92 Å². The molecule has 5 aromatic rings.